The number of para-hydroxylation sites is 1. The molecule has 5 rings (SSSR count). The van der Waals surface area contributed by atoms with Gasteiger partial charge in [-0.3, -0.25) is 14.4 Å². The molecule has 166 valence electrons. The number of nitrogens with zero attached hydrogens (tertiary/aromatic N) is 2. The smallest absolute Gasteiger partial charge is 0.338 e. The molecule has 0 unspecified atom stereocenters. The van der Waals surface area contributed by atoms with E-state index < -0.39 is 29.9 Å². The maximum Gasteiger partial charge on any atom is 0.338 e. The van der Waals surface area contributed by atoms with E-state index >= 15 is 0 Å². The van der Waals surface area contributed by atoms with Gasteiger partial charge in [-0.15, -0.1) is 0 Å². The average molecular weight is 442 g/mol. The van der Waals surface area contributed by atoms with Crippen LogP contribution in [0.1, 0.15) is 28.9 Å². The Balaban J connectivity index is 1.49. The van der Waals surface area contributed by atoms with E-state index in [0.717, 1.165) is 16.2 Å². The molecule has 0 aliphatic carbocycles. The molecule has 7 nitrogen and oxygen atoms in total. The van der Waals surface area contributed by atoms with Crippen molar-refractivity contribution in [3.05, 3.63) is 96.1 Å². The summed E-state index contributed by atoms with van der Waals surface area (Å²) in [6, 6.07) is 24.8. The van der Waals surface area contributed by atoms with E-state index in [1.165, 1.54) is 0 Å². The van der Waals surface area contributed by atoms with Gasteiger partial charge in [-0.05, 0) is 48.9 Å². The van der Waals surface area contributed by atoms with Crippen LogP contribution in [0.5, 0.6) is 0 Å². The largest absolute Gasteiger partial charge is 0.462 e. The third-order valence-corrected chi connectivity index (χ3v) is 5.90. The Bertz CT molecular complexity index is 1180. The quantitative estimate of drug-likeness (QED) is 0.441. The summed E-state index contributed by atoms with van der Waals surface area (Å²) in [7, 11) is 0. The predicted molar refractivity (Wildman–Crippen MR) is 121 cm³/mol. The van der Waals surface area contributed by atoms with Gasteiger partial charge in [0, 0.05) is 0 Å². The van der Waals surface area contributed by atoms with Crippen molar-refractivity contribution in [1.29, 1.82) is 0 Å². The Kier molecular flexibility index (Phi) is 5.40. The van der Waals surface area contributed by atoms with Gasteiger partial charge < -0.3 is 4.74 Å². The van der Waals surface area contributed by atoms with Crippen LogP contribution >= 0.6 is 0 Å². The number of benzene rings is 3. The summed E-state index contributed by atoms with van der Waals surface area (Å²) in [6.45, 7) is 2.00. The molecule has 7 heteroatoms. The number of anilines is 2. The second-order valence-electron chi connectivity index (χ2n) is 7.85. The van der Waals surface area contributed by atoms with Gasteiger partial charge in [-0.2, -0.15) is 0 Å². The number of hydrogen-bond donors (Lipinski definition) is 0. The van der Waals surface area contributed by atoms with Crippen molar-refractivity contribution in [2.24, 2.45) is 5.92 Å². The Labute approximate surface area is 191 Å². The lowest BCUT2D eigenvalue weighted by atomic mass is 9.90. The topological polar surface area (TPSA) is 76.2 Å². The summed E-state index contributed by atoms with van der Waals surface area (Å²) in [6.07, 6.45) is -0.937. The minimum atomic E-state index is -0.937. The van der Waals surface area contributed by atoms with Crippen molar-refractivity contribution in [3.63, 3.8) is 0 Å². The first-order chi connectivity index (χ1) is 16.1. The summed E-state index contributed by atoms with van der Waals surface area (Å²) in [5, 5.41) is 1.67. The van der Waals surface area contributed by atoms with Crippen LogP contribution in [0.3, 0.4) is 0 Å². The SMILES string of the molecule is CCOC(=O)c1ccc(N2C(=O)[C@H]3[C@H](ON(c4ccccc4)[C@H]3c3ccccc3)C2=O)cc1. The number of ether oxygens (including phenoxy) is 1. The molecule has 2 aliphatic rings. The summed E-state index contributed by atoms with van der Waals surface area (Å²) < 4.78 is 5.00. The average Bonchev–Trinajstić information content (AvgIpc) is 3.36. The van der Waals surface area contributed by atoms with E-state index in [0.29, 0.717) is 11.3 Å². The lowest BCUT2D eigenvalue weighted by Crippen LogP contribution is -2.37. The summed E-state index contributed by atoms with van der Waals surface area (Å²) in [5.74, 6) is -1.91. The molecule has 2 amide bonds. The molecule has 0 aromatic heterocycles. The highest BCUT2D eigenvalue weighted by Crippen LogP contribution is 2.47. The Morgan fingerprint density at radius 2 is 1.48 bits per heavy atom. The van der Waals surface area contributed by atoms with Gasteiger partial charge >= 0.3 is 5.97 Å². The van der Waals surface area contributed by atoms with E-state index in [-0.39, 0.29) is 12.5 Å². The van der Waals surface area contributed by atoms with Crippen LogP contribution in [0.4, 0.5) is 11.4 Å². The van der Waals surface area contributed by atoms with E-state index in [2.05, 4.69) is 0 Å². The first kappa shape index (κ1) is 20.9. The van der Waals surface area contributed by atoms with Crippen molar-refractivity contribution in [2.75, 3.05) is 16.6 Å². The molecule has 0 N–H and O–H groups in total. The zero-order valence-corrected chi connectivity index (χ0v) is 18.0. The molecule has 2 saturated heterocycles. The standard InChI is InChI=1S/C26H22N2O5/c1-2-32-26(31)18-13-15-19(16-14-18)27-24(29)21-22(17-9-5-3-6-10-17)28(33-23(21)25(27)30)20-11-7-4-8-12-20/h3-16,21-23H,2H2,1H3/t21-,22+,23+/m1/s1. The van der Waals surface area contributed by atoms with E-state index in [1.54, 1.807) is 36.3 Å². The van der Waals surface area contributed by atoms with Crippen LogP contribution in [0, 0.1) is 5.92 Å². The van der Waals surface area contributed by atoms with Crippen molar-refractivity contribution >= 4 is 29.2 Å². The molecular weight excluding hydrogens is 420 g/mol. The van der Waals surface area contributed by atoms with E-state index in [9.17, 15) is 14.4 Å². The number of hydrogen-bond acceptors (Lipinski definition) is 6. The van der Waals surface area contributed by atoms with Crippen LogP contribution in [0.2, 0.25) is 0 Å². The normalized spacial score (nSPS) is 21.9. The Morgan fingerprint density at radius 1 is 0.848 bits per heavy atom. The molecule has 2 aliphatic heterocycles. The minimum Gasteiger partial charge on any atom is -0.462 e. The third-order valence-electron chi connectivity index (χ3n) is 5.90. The first-order valence-electron chi connectivity index (χ1n) is 10.8. The number of rotatable bonds is 5. The molecule has 0 saturated carbocycles. The van der Waals surface area contributed by atoms with Crippen molar-refractivity contribution in [3.8, 4) is 0 Å². The predicted octanol–water partition coefficient (Wildman–Crippen LogP) is 3.91. The molecule has 3 aromatic rings. The molecule has 2 fully saturated rings. The van der Waals surface area contributed by atoms with Crippen molar-refractivity contribution < 1.29 is 24.0 Å². The first-order valence-corrected chi connectivity index (χ1v) is 10.8. The lowest BCUT2D eigenvalue weighted by molar-refractivity contribution is -0.126. The third kappa shape index (κ3) is 3.56. The zero-order valence-electron chi connectivity index (χ0n) is 18.0. The number of carbonyl (C=O) groups excluding carboxylic acids is 3. The molecule has 3 aromatic carbocycles. The van der Waals surface area contributed by atoms with Crippen molar-refractivity contribution in [1.82, 2.24) is 0 Å². The molecule has 0 radical (unpaired) electrons. The van der Waals surface area contributed by atoms with Crippen LogP contribution in [-0.4, -0.2) is 30.5 Å². The maximum atomic E-state index is 13.6. The van der Waals surface area contributed by atoms with Gasteiger partial charge in [0.05, 0.1) is 29.6 Å². The molecule has 3 atom stereocenters. The summed E-state index contributed by atoms with van der Waals surface area (Å²) in [4.78, 5) is 46.1. The lowest BCUT2D eigenvalue weighted by Gasteiger charge is -2.28. The number of amides is 2. The molecular formula is C26H22N2O5. The molecule has 2 heterocycles. The van der Waals surface area contributed by atoms with Crippen molar-refractivity contribution in [2.45, 2.75) is 19.1 Å². The molecule has 33 heavy (non-hydrogen) atoms. The van der Waals surface area contributed by atoms with E-state index in [4.69, 9.17) is 9.57 Å². The summed E-state index contributed by atoms with van der Waals surface area (Å²) >= 11 is 0. The van der Waals surface area contributed by atoms with E-state index in [1.807, 2.05) is 60.7 Å². The van der Waals surface area contributed by atoms with Crippen LogP contribution < -0.4 is 9.96 Å². The number of fused-ring (bicyclic) bond motifs is 1. The highest BCUT2D eigenvalue weighted by Gasteiger charge is 2.60. The maximum absolute atomic E-state index is 13.6. The monoisotopic (exact) mass is 442 g/mol. The fourth-order valence-electron chi connectivity index (χ4n) is 4.42. The highest BCUT2D eigenvalue weighted by atomic mass is 16.7. The fraction of sp³-hybridized carbons (Fsp3) is 0.192. The van der Waals surface area contributed by atoms with Crippen LogP contribution in [0.25, 0.3) is 0 Å². The van der Waals surface area contributed by atoms with Gasteiger partial charge in [-0.25, -0.2) is 14.8 Å². The van der Waals surface area contributed by atoms with Gasteiger partial charge in [0.25, 0.3) is 5.91 Å². The zero-order chi connectivity index (χ0) is 22.9. The Morgan fingerprint density at radius 3 is 2.12 bits per heavy atom. The molecule has 0 spiro atoms. The van der Waals surface area contributed by atoms with Gasteiger partial charge in [-0.1, -0.05) is 48.5 Å². The molecule has 0 bridgehead atoms. The van der Waals surface area contributed by atoms with Gasteiger partial charge in [0.2, 0.25) is 5.91 Å². The fourth-order valence-corrected chi connectivity index (χ4v) is 4.42. The Hall–Kier alpha value is -3.97. The van der Waals surface area contributed by atoms with Crippen LogP contribution in [-0.2, 0) is 19.2 Å². The number of imide groups is 1. The summed E-state index contributed by atoms with van der Waals surface area (Å²) in [5.41, 5.74) is 2.41. The van der Waals surface area contributed by atoms with Crippen LogP contribution in [0.15, 0.2) is 84.9 Å². The number of hydroxylamine groups is 1. The minimum absolute atomic E-state index is 0.267. The number of carbonyl (C=O) groups is 3. The number of esters is 1. The van der Waals surface area contributed by atoms with Gasteiger partial charge in [0.1, 0.15) is 5.92 Å². The highest BCUT2D eigenvalue weighted by molar-refractivity contribution is 6.24. The second kappa shape index (κ2) is 8.52. The van der Waals surface area contributed by atoms with Gasteiger partial charge in [0.15, 0.2) is 6.10 Å². The second-order valence-corrected chi connectivity index (χ2v) is 7.85.